The zero-order valence-corrected chi connectivity index (χ0v) is 24.1. The molecule has 0 aliphatic carbocycles. The first-order valence-corrected chi connectivity index (χ1v) is 14.2. The van der Waals surface area contributed by atoms with Crippen LogP contribution in [0.5, 0.6) is 0 Å². The van der Waals surface area contributed by atoms with Gasteiger partial charge in [0.05, 0.1) is 5.75 Å². The highest BCUT2D eigenvalue weighted by Gasteiger charge is 2.32. The number of nitrogens with zero attached hydrogens (tertiary/aromatic N) is 1. The molecule has 0 spiro atoms. The average Bonchev–Trinajstić information content (AvgIpc) is 2.82. The van der Waals surface area contributed by atoms with Gasteiger partial charge in [0.15, 0.2) is 0 Å². The molecule has 3 aromatic rings. The first kappa shape index (κ1) is 29.1. The van der Waals surface area contributed by atoms with Crippen molar-refractivity contribution in [1.82, 2.24) is 10.2 Å². The predicted octanol–water partition coefficient (Wildman–Crippen LogP) is 7.09. The molecule has 0 saturated heterocycles. The number of rotatable bonds is 10. The third kappa shape index (κ3) is 9.41. The van der Waals surface area contributed by atoms with Gasteiger partial charge in [0.2, 0.25) is 11.8 Å². The lowest BCUT2D eigenvalue weighted by atomic mass is 10.0. The molecule has 0 saturated carbocycles. The number of thioether (sulfide) groups is 1. The van der Waals surface area contributed by atoms with Crippen LogP contribution in [0.2, 0.25) is 10.0 Å². The summed E-state index contributed by atoms with van der Waals surface area (Å²) in [6.45, 7) is 8.06. The van der Waals surface area contributed by atoms with Crippen LogP contribution in [0, 0.1) is 6.92 Å². The summed E-state index contributed by atoms with van der Waals surface area (Å²) < 4.78 is 0. The van der Waals surface area contributed by atoms with Gasteiger partial charge in [0.1, 0.15) is 6.04 Å². The number of amides is 2. The van der Waals surface area contributed by atoms with Crippen LogP contribution in [0.1, 0.15) is 43.0 Å². The second-order valence-electron chi connectivity index (χ2n) is 10.2. The zero-order valence-electron chi connectivity index (χ0n) is 21.8. The van der Waals surface area contributed by atoms with Crippen LogP contribution < -0.4 is 5.32 Å². The van der Waals surface area contributed by atoms with Gasteiger partial charge in [-0.3, -0.25) is 9.59 Å². The molecule has 7 heteroatoms. The second kappa shape index (κ2) is 13.4. The Hall–Kier alpha value is -2.47. The summed E-state index contributed by atoms with van der Waals surface area (Å²) in [5, 5.41) is 4.06. The number of hydrogen-bond donors (Lipinski definition) is 1. The lowest BCUT2D eigenvalue weighted by Crippen LogP contribution is -2.54. The van der Waals surface area contributed by atoms with Crippen LogP contribution in [-0.4, -0.2) is 34.0 Å². The minimum atomic E-state index is -0.708. The lowest BCUT2D eigenvalue weighted by molar-refractivity contribution is -0.140. The molecule has 0 heterocycles. The first-order valence-electron chi connectivity index (χ1n) is 12.2. The van der Waals surface area contributed by atoms with Crippen LogP contribution in [0.25, 0.3) is 0 Å². The van der Waals surface area contributed by atoms with Crippen LogP contribution >= 0.6 is 35.0 Å². The van der Waals surface area contributed by atoms with Crippen molar-refractivity contribution < 1.29 is 9.59 Å². The van der Waals surface area contributed by atoms with E-state index in [4.69, 9.17) is 23.2 Å². The van der Waals surface area contributed by atoms with Crippen LogP contribution in [0.3, 0.4) is 0 Å². The highest BCUT2D eigenvalue weighted by atomic mass is 35.5. The number of nitrogens with one attached hydrogen (secondary N) is 1. The third-order valence-corrected chi connectivity index (χ3v) is 7.28. The van der Waals surface area contributed by atoms with E-state index in [-0.39, 0.29) is 24.1 Å². The van der Waals surface area contributed by atoms with Gasteiger partial charge in [-0.25, -0.2) is 0 Å². The minimum Gasteiger partial charge on any atom is -0.350 e. The lowest BCUT2D eigenvalue weighted by Gasteiger charge is -2.34. The summed E-state index contributed by atoms with van der Waals surface area (Å²) in [4.78, 5) is 29.0. The average molecular weight is 558 g/mol. The Kier molecular flexibility index (Phi) is 10.5. The van der Waals surface area contributed by atoms with E-state index < -0.39 is 11.6 Å². The topological polar surface area (TPSA) is 49.4 Å². The van der Waals surface area contributed by atoms with E-state index >= 15 is 0 Å². The number of benzene rings is 3. The fourth-order valence-electron chi connectivity index (χ4n) is 3.98. The van der Waals surface area contributed by atoms with E-state index in [9.17, 15) is 9.59 Å². The molecule has 1 atom stereocenters. The molecule has 0 unspecified atom stereocenters. The molecule has 0 aromatic heterocycles. The molecule has 3 rings (SSSR count). The molecule has 3 aromatic carbocycles. The van der Waals surface area contributed by atoms with E-state index in [0.29, 0.717) is 22.2 Å². The number of aryl methyl sites for hydroxylation is 1. The summed E-state index contributed by atoms with van der Waals surface area (Å²) >= 11 is 14.2. The van der Waals surface area contributed by atoms with Crippen LogP contribution in [0.15, 0.2) is 72.8 Å². The summed E-state index contributed by atoms with van der Waals surface area (Å²) in [5.41, 5.74) is 3.62. The molecule has 4 nitrogen and oxygen atoms in total. The number of halogens is 2. The SMILES string of the molecule is Cc1cccc(CSCC(=O)N(Cc2ccc(Cl)cc2Cl)[C@H](Cc2ccccc2)C(=O)NC(C)(C)C)c1. The van der Waals surface area contributed by atoms with Gasteiger partial charge >= 0.3 is 0 Å². The van der Waals surface area contributed by atoms with Crippen molar-refractivity contribution in [3.63, 3.8) is 0 Å². The maximum atomic E-state index is 13.7. The van der Waals surface area contributed by atoms with E-state index in [1.54, 1.807) is 28.8 Å². The Balaban J connectivity index is 1.90. The molecule has 1 N–H and O–H groups in total. The van der Waals surface area contributed by atoms with Crippen molar-refractivity contribution in [3.05, 3.63) is 105 Å². The number of hydrogen-bond acceptors (Lipinski definition) is 3. The third-order valence-electron chi connectivity index (χ3n) is 5.70. The summed E-state index contributed by atoms with van der Waals surface area (Å²) in [6, 6.07) is 22.5. The highest BCUT2D eigenvalue weighted by molar-refractivity contribution is 7.99. The summed E-state index contributed by atoms with van der Waals surface area (Å²) in [7, 11) is 0. The fourth-order valence-corrected chi connectivity index (χ4v) is 5.31. The number of carbonyl (C=O) groups excluding carboxylic acids is 2. The fraction of sp³-hybridized carbons (Fsp3) is 0.333. The van der Waals surface area contributed by atoms with Crippen molar-refractivity contribution in [2.75, 3.05) is 5.75 Å². The Bertz CT molecular complexity index is 1210. The Labute approximate surface area is 234 Å². The molecule has 0 aliphatic heterocycles. The molecule has 2 amide bonds. The maximum absolute atomic E-state index is 13.7. The van der Waals surface area contributed by atoms with Gasteiger partial charge in [0.25, 0.3) is 0 Å². The van der Waals surface area contributed by atoms with E-state index in [1.807, 2.05) is 63.2 Å². The van der Waals surface area contributed by atoms with Crippen molar-refractivity contribution in [3.8, 4) is 0 Å². The van der Waals surface area contributed by atoms with Gasteiger partial charge in [-0.2, -0.15) is 0 Å². The van der Waals surface area contributed by atoms with E-state index in [0.717, 1.165) is 16.7 Å². The van der Waals surface area contributed by atoms with Crippen molar-refractivity contribution >= 4 is 46.8 Å². The van der Waals surface area contributed by atoms with Gasteiger partial charge in [-0.05, 0) is 56.5 Å². The smallest absolute Gasteiger partial charge is 0.243 e. The van der Waals surface area contributed by atoms with Gasteiger partial charge in [-0.1, -0.05) is 89.4 Å². The van der Waals surface area contributed by atoms with Crippen molar-refractivity contribution in [1.29, 1.82) is 0 Å². The largest absolute Gasteiger partial charge is 0.350 e. The van der Waals surface area contributed by atoms with Crippen LogP contribution in [-0.2, 0) is 28.3 Å². The summed E-state index contributed by atoms with van der Waals surface area (Å²) in [5.74, 6) is 0.639. The molecular formula is C30H34Cl2N2O2S. The van der Waals surface area contributed by atoms with E-state index in [1.165, 1.54) is 5.56 Å². The Morgan fingerprint density at radius 3 is 2.30 bits per heavy atom. The van der Waals surface area contributed by atoms with Gasteiger partial charge in [-0.15, -0.1) is 11.8 Å². The second-order valence-corrected chi connectivity index (χ2v) is 12.0. The molecule has 196 valence electrons. The molecule has 0 radical (unpaired) electrons. The standard InChI is InChI=1S/C30H34Cl2N2O2S/c1-21-9-8-12-23(15-21)19-37-20-28(35)34(18-24-13-14-25(31)17-26(24)32)27(29(36)33-30(2,3)4)16-22-10-6-5-7-11-22/h5-15,17,27H,16,18-20H2,1-4H3,(H,33,36)/t27-/m1/s1. The predicted molar refractivity (Wildman–Crippen MR) is 156 cm³/mol. The Morgan fingerprint density at radius 1 is 0.946 bits per heavy atom. The normalized spacial score (nSPS) is 12.2. The quantitative estimate of drug-likeness (QED) is 0.290. The van der Waals surface area contributed by atoms with Gasteiger partial charge < -0.3 is 10.2 Å². The van der Waals surface area contributed by atoms with Crippen molar-refractivity contribution in [2.24, 2.45) is 0 Å². The molecule has 0 fully saturated rings. The maximum Gasteiger partial charge on any atom is 0.243 e. The number of carbonyl (C=O) groups is 2. The molecular weight excluding hydrogens is 523 g/mol. The molecule has 0 bridgehead atoms. The Morgan fingerprint density at radius 2 is 1.65 bits per heavy atom. The summed E-state index contributed by atoms with van der Waals surface area (Å²) in [6.07, 6.45) is 0.391. The van der Waals surface area contributed by atoms with Crippen LogP contribution in [0.4, 0.5) is 0 Å². The molecule has 0 aliphatic rings. The highest BCUT2D eigenvalue weighted by Crippen LogP contribution is 2.25. The zero-order chi connectivity index (χ0) is 27.0. The molecule has 37 heavy (non-hydrogen) atoms. The minimum absolute atomic E-state index is 0.117. The van der Waals surface area contributed by atoms with Crippen molar-refractivity contribution in [2.45, 2.75) is 58.0 Å². The van der Waals surface area contributed by atoms with Gasteiger partial charge in [0, 0.05) is 34.3 Å². The van der Waals surface area contributed by atoms with E-state index in [2.05, 4.69) is 30.4 Å². The monoisotopic (exact) mass is 556 g/mol. The first-order chi connectivity index (χ1) is 17.5.